The predicted molar refractivity (Wildman–Crippen MR) is 89.1 cm³/mol. The van der Waals surface area contributed by atoms with E-state index in [0.717, 1.165) is 29.2 Å². The van der Waals surface area contributed by atoms with Gasteiger partial charge in [-0.15, -0.1) is 0 Å². The summed E-state index contributed by atoms with van der Waals surface area (Å²) in [6, 6.07) is 5.83. The van der Waals surface area contributed by atoms with Gasteiger partial charge in [-0.1, -0.05) is 24.1 Å². The van der Waals surface area contributed by atoms with Crippen molar-refractivity contribution >= 4 is 17.6 Å². The van der Waals surface area contributed by atoms with E-state index in [2.05, 4.69) is 5.32 Å². The molecule has 0 saturated heterocycles. The van der Waals surface area contributed by atoms with Crippen LogP contribution in [0.4, 0.5) is 5.69 Å². The Hall–Kier alpha value is -1.84. The largest absolute Gasteiger partial charge is 0.456 e. The average molecular weight is 315 g/mol. The molecule has 3 rings (SSSR count). The van der Waals surface area contributed by atoms with E-state index < -0.39 is 0 Å². The molecule has 1 N–H and O–H groups in total. The summed E-state index contributed by atoms with van der Waals surface area (Å²) in [5.74, 6) is 1.49. The van der Waals surface area contributed by atoms with Gasteiger partial charge in [-0.3, -0.25) is 9.59 Å². The Morgan fingerprint density at radius 2 is 2.04 bits per heavy atom. The van der Waals surface area contributed by atoms with Crippen molar-refractivity contribution in [3.8, 4) is 0 Å². The molecule has 0 aromatic heterocycles. The van der Waals surface area contributed by atoms with E-state index in [1.165, 1.54) is 19.3 Å². The number of benzene rings is 1. The van der Waals surface area contributed by atoms with Gasteiger partial charge in [0.15, 0.2) is 6.61 Å². The van der Waals surface area contributed by atoms with Crippen LogP contribution in [-0.4, -0.2) is 18.5 Å². The highest BCUT2D eigenvalue weighted by molar-refractivity contribution is 5.93. The summed E-state index contributed by atoms with van der Waals surface area (Å²) >= 11 is 0. The monoisotopic (exact) mass is 315 g/mol. The van der Waals surface area contributed by atoms with E-state index in [1.54, 1.807) is 0 Å². The maximum atomic E-state index is 11.9. The topological polar surface area (TPSA) is 55.4 Å². The molecule has 0 heterocycles. The minimum Gasteiger partial charge on any atom is -0.456 e. The molecule has 0 spiro atoms. The van der Waals surface area contributed by atoms with Crippen molar-refractivity contribution < 1.29 is 14.3 Å². The second-order valence-electron chi connectivity index (χ2n) is 7.17. The van der Waals surface area contributed by atoms with Gasteiger partial charge >= 0.3 is 5.97 Å². The minimum absolute atomic E-state index is 0.201. The molecule has 1 aromatic rings. The number of nitrogens with one attached hydrogen (secondary N) is 1. The summed E-state index contributed by atoms with van der Waals surface area (Å²) in [4.78, 5) is 23.9. The van der Waals surface area contributed by atoms with Crippen molar-refractivity contribution in [2.75, 3.05) is 11.9 Å². The predicted octanol–water partition coefficient (Wildman–Crippen LogP) is 3.61. The summed E-state index contributed by atoms with van der Waals surface area (Å²) in [6.45, 7) is 3.76. The van der Waals surface area contributed by atoms with Crippen molar-refractivity contribution in [2.45, 2.75) is 46.0 Å². The second kappa shape index (κ2) is 6.73. The number of fused-ring (bicyclic) bond motifs is 2. The Bertz CT molecular complexity index is 611. The highest BCUT2D eigenvalue weighted by atomic mass is 16.5. The molecule has 0 aliphatic heterocycles. The van der Waals surface area contributed by atoms with Crippen LogP contribution in [-0.2, 0) is 14.3 Å². The fourth-order valence-corrected chi connectivity index (χ4v) is 4.19. The molecule has 4 heteroatoms. The molecule has 2 saturated carbocycles. The SMILES string of the molecule is Cc1ccc(NC(=O)COC(=O)C[C@@H]2C[C@@H]3CC[C@@H]2C3)c(C)c1. The van der Waals surface area contributed by atoms with Crippen LogP contribution in [0.25, 0.3) is 0 Å². The molecule has 2 bridgehead atoms. The fourth-order valence-electron chi connectivity index (χ4n) is 4.19. The summed E-state index contributed by atoms with van der Waals surface area (Å²) in [5.41, 5.74) is 2.93. The molecule has 0 radical (unpaired) electrons. The maximum Gasteiger partial charge on any atom is 0.306 e. The van der Waals surface area contributed by atoms with Crippen LogP contribution in [0.1, 0.15) is 43.2 Å². The Morgan fingerprint density at radius 1 is 1.22 bits per heavy atom. The molecule has 1 amide bonds. The normalized spacial score (nSPS) is 25.4. The van der Waals surface area contributed by atoms with Gasteiger partial charge < -0.3 is 10.1 Å². The molecule has 4 nitrogen and oxygen atoms in total. The van der Waals surface area contributed by atoms with Gasteiger partial charge in [-0.05, 0) is 62.5 Å². The minimum atomic E-state index is -0.279. The van der Waals surface area contributed by atoms with E-state index in [0.29, 0.717) is 18.3 Å². The van der Waals surface area contributed by atoms with Crippen molar-refractivity contribution in [1.29, 1.82) is 0 Å². The molecule has 3 atom stereocenters. The first-order valence-corrected chi connectivity index (χ1v) is 8.54. The third-order valence-corrected chi connectivity index (χ3v) is 5.33. The van der Waals surface area contributed by atoms with Crippen molar-refractivity contribution in [1.82, 2.24) is 0 Å². The van der Waals surface area contributed by atoms with Crippen LogP contribution in [0.15, 0.2) is 18.2 Å². The average Bonchev–Trinajstić information content (AvgIpc) is 3.11. The molecule has 124 valence electrons. The molecular formula is C19H25NO3. The Kier molecular flexibility index (Phi) is 4.69. The number of hydrogen-bond acceptors (Lipinski definition) is 3. The smallest absolute Gasteiger partial charge is 0.306 e. The zero-order chi connectivity index (χ0) is 16.4. The van der Waals surface area contributed by atoms with E-state index in [-0.39, 0.29) is 18.5 Å². The molecule has 2 aliphatic carbocycles. The van der Waals surface area contributed by atoms with Gasteiger partial charge in [-0.25, -0.2) is 0 Å². The lowest BCUT2D eigenvalue weighted by Gasteiger charge is -2.20. The molecule has 2 fully saturated rings. The van der Waals surface area contributed by atoms with Gasteiger partial charge in [-0.2, -0.15) is 0 Å². The van der Waals surface area contributed by atoms with E-state index in [9.17, 15) is 9.59 Å². The second-order valence-corrected chi connectivity index (χ2v) is 7.17. The Morgan fingerprint density at radius 3 is 2.70 bits per heavy atom. The van der Waals surface area contributed by atoms with E-state index in [4.69, 9.17) is 4.74 Å². The van der Waals surface area contributed by atoms with Crippen LogP contribution in [0.3, 0.4) is 0 Å². The fraction of sp³-hybridized carbons (Fsp3) is 0.579. The van der Waals surface area contributed by atoms with E-state index in [1.807, 2.05) is 32.0 Å². The third kappa shape index (κ3) is 3.92. The molecule has 23 heavy (non-hydrogen) atoms. The maximum absolute atomic E-state index is 11.9. The first kappa shape index (κ1) is 16.0. The third-order valence-electron chi connectivity index (χ3n) is 5.33. The molecule has 2 aliphatic rings. The number of anilines is 1. The molecular weight excluding hydrogens is 290 g/mol. The highest BCUT2D eigenvalue weighted by Gasteiger charge is 2.40. The number of esters is 1. The lowest BCUT2D eigenvalue weighted by molar-refractivity contribution is -0.148. The Labute approximate surface area is 137 Å². The number of aryl methyl sites for hydroxylation is 2. The van der Waals surface area contributed by atoms with Crippen LogP contribution in [0, 0.1) is 31.6 Å². The van der Waals surface area contributed by atoms with Crippen LogP contribution in [0.2, 0.25) is 0 Å². The van der Waals surface area contributed by atoms with Crippen molar-refractivity contribution in [2.24, 2.45) is 17.8 Å². The van der Waals surface area contributed by atoms with Gasteiger partial charge in [0.1, 0.15) is 0 Å². The first-order valence-electron chi connectivity index (χ1n) is 8.54. The zero-order valence-corrected chi connectivity index (χ0v) is 13.9. The number of hydrogen-bond donors (Lipinski definition) is 1. The Balaban J connectivity index is 1.42. The lowest BCUT2D eigenvalue weighted by Crippen LogP contribution is -2.23. The molecule has 1 aromatic carbocycles. The van der Waals surface area contributed by atoms with Crippen LogP contribution >= 0.6 is 0 Å². The lowest BCUT2D eigenvalue weighted by atomic mass is 9.86. The number of carbonyl (C=O) groups excluding carboxylic acids is 2. The van der Waals surface area contributed by atoms with Gasteiger partial charge in [0.25, 0.3) is 5.91 Å². The van der Waals surface area contributed by atoms with Crippen molar-refractivity contribution in [3.63, 3.8) is 0 Å². The van der Waals surface area contributed by atoms with Gasteiger partial charge in [0.05, 0.1) is 0 Å². The number of carbonyl (C=O) groups is 2. The van der Waals surface area contributed by atoms with Crippen LogP contribution in [0.5, 0.6) is 0 Å². The van der Waals surface area contributed by atoms with E-state index >= 15 is 0 Å². The zero-order valence-electron chi connectivity index (χ0n) is 13.9. The van der Waals surface area contributed by atoms with Crippen molar-refractivity contribution in [3.05, 3.63) is 29.3 Å². The highest BCUT2D eigenvalue weighted by Crippen LogP contribution is 2.49. The molecule has 0 unspecified atom stereocenters. The number of rotatable bonds is 5. The summed E-state index contributed by atoms with van der Waals surface area (Å²) < 4.78 is 5.16. The summed E-state index contributed by atoms with van der Waals surface area (Å²) in [7, 11) is 0. The number of ether oxygens (including phenoxy) is 1. The standard InChI is InChI=1S/C19H25NO3/c1-12-3-6-17(13(2)7-12)20-18(21)11-23-19(22)10-16-9-14-4-5-15(16)8-14/h3,6-7,14-16H,4-5,8-11H2,1-2H3,(H,20,21)/t14-,15-,16+/m1/s1. The van der Waals surface area contributed by atoms with Gasteiger partial charge in [0, 0.05) is 12.1 Å². The first-order chi connectivity index (χ1) is 11.0. The summed E-state index contributed by atoms with van der Waals surface area (Å²) in [6.07, 6.45) is 5.50. The van der Waals surface area contributed by atoms with Crippen LogP contribution < -0.4 is 5.32 Å². The van der Waals surface area contributed by atoms with Gasteiger partial charge in [0.2, 0.25) is 0 Å². The number of amides is 1. The quantitative estimate of drug-likeness (QED) is 0.845. The summed E-state index contributed by atoms with van der Waals surface area (Å²) in [5, 5.41) is 2.80.